The standard InChI is InChI=1S/C22H22ClNO2S/c1-24(2)9-4-10-25-14-20-21-17(8-12-27-20)19(23)7-6-16-18(21)13-15-5-3-11-26-22(15)16/h3,5-8,11-13H,4,9-10,14H2,1-2H3. The molecule has 3 nitrogen and oxygen atoms in total. The first-order chi connectivity index (χ1) is 13.1. The van der Waals surface area contributed by atoms with E-state index < -0.39 is 0 Å². The van der Waals surface area contributed by atoms with Crippen LogP contribution in [0.15, 0.2) is 46.4 Å². The first-order valence-corrected chi connectivity index (χ1v) is 10.3. The van der Waals surface area contributed by atoms with Gasteiger partial charge in [-0.05, 0) is 74.3 Å². The highest BCUT2D eigenvalue weighted by atomic mass is 35.5. The molecule has 0 saturated heterocycles. The zero-order valence-electron chi connectivity index (χ0n) is 15.5. The van der Waals surface area contributed by atoms with Crippen LogP contribution in [-0.4, -0.2) is 38.8 Å². The zero-order valence-corrected chi connectivity index (χ0v) is 17.1. The minimum absolute atomic E-state index is 0.587. The fourth-order valence-corrected chi connectivity index (χ4v) is 4.50. The smallest absolute Gasteiger partial charge is 0.141 e. The van der Waals surface area contributed by atoms with Crippen LogP contribution in [0.1, 0.15) is 12.0 Å². The third kappa shape index (κ3) is 3.81. The minimum Gasteiger partial charge on any atom is -0.464 e. The van der Waals surface area contributed by atoms with Crippen LogP contribution in [0, 0.1) is 0 Å². The SMILES string of the molecule is CN(C)CCCOCC1=c2c(c(Cl)ccc3c2cc2cccoc23)C=CS1. The molecule has 0 fully saturated rings. The number of thioether (sulfide) groups is 1. The van der Waals surface area contributed by atoms with Gasteiger partial charge in [-0.25, -0.2) is 0 Å². The summed E-state index contributed by atoms with van der Waals surface area (Å²) in [4.78, 5) is 3.36. The molecule has 3 aromatic rings. The van der Waals surface area contributed by atoms with Gasteiger partial charge in [-0.1, -0.05) is 23.4 Å². The van der Waals surface area contributed by atoms with E-state index in [1.807, 2.05) is 12.1 Å². The highest BCUT2D eigenvalue weighted by molar-refractivity contribution is 8.10. The molecule has 1 aliphatic heterocycles. The fourth-order valence-electron chi connectivity index (χ4n) is 3.43. The molecule has 0 saturated carbocycles. The molecule has 2 heterocycles. The van der Waals surface area contributed by atoms with Crippen LogP contribution in [0.4, 0.5) is 0 Å². The first-order valence-electron chi connectivity index (χ1n) is 9.03. The Labute approximate surface area is 168 Å². The first kappa shape index (κ1) is 18.6. The summed E-state index contributed by atoms with van der Waals surface area (Å²) in [7, 11) is 4.16. The van der Waals surface area contributed by atoms with Crippen molar-refractivity contribution in [3.05, 3.63) is 57.8 Å². The quantitative estimate of drug-likeness (QED) is 0.524. The largest absolute Gasteiger partial charge is 0.464 e. The molecule has 0 amide bonds. The molecule has 0 N–H and O–H groups in total. The molecule has 0 unspecified atom stereocenters. The van der Waals surface area contributed by atoms with E-state index in [9.17, 15) is 0 Å². The number of nitrogens with zero attached hydrogens (tertiary/aromatic N) is 1. The molecule has 0 aliphatic carbocycles. The number of rotatable bonds is 6. The van der Waals surface area contributed by atoms with Crippen molar-refractivity contribution in [1.29, 1.82) is 0 Å². The molecular formula is C22H22ClNO2S. The summed E-state index contributed by atoms with van der Waals surface area (Å²) < 4.78 is 11.8. The van der Waals surface area contributed by atoms with Crippen LogP contribution in [0.5, 0.6) is 0 Å². The van der Waals surface area contributed by atoms with Crippen molar-refractivity contribution < 1.29 is 9.15 Å². The van der Waals surface area contributed by atoms with Gasteiger partial charge in [-0.3, -0.25) is 0 Å². The lowest BCUT2D eigenvalue weighted by atomic mass is 10.1. The summed E-state index contributed by atoms with van der Waals surface area (Å²) in [5.74, 6) is 0. The molecule has 140 valence electrons. The lowest BCUT2D eigenvalue weighted by molar-refractivity contribution is 0.157. The summed E-state index contributed by atoms with van der Waals surface area (Å²) in [5.41, 5.74) is 1.94. The second-order valence-electron chi connectivity index (χ2n) is 6.89. The number of ether oxygens (including phenoxy) is 1. The van der Waals surface area contributed by atoms with Crippen LogP contribution in [0.25, 0.3) is 32.7 Å². The molecule has 0 radical (unpaired) electrons. The van der Waals surface area contributed by atoms with Gasteiger partial charge in [-0.2, -0.15) is 0 Å². The predicted octanol–water partition coefficient (Wildman–Crippen LogP) is 5.31. The number of fused-ring (bicyclic) bond motifs is 5. The van der Waals surface area contributed by atoms with E-state index in [1.165, 1.54) is 4.91 Å². The highest BCUT2D eigenvalue weighted by Crippen LogP contribution is 2.32. The van der Waals surface area contributed by atoms with Gasteiger partial charge in [0.05, 0.1) is 12.9 Å². The van der Waals surface area contributed by atoms with Crippen LogP contribution < -0.4 is 5.22 Å². The summed E-state index contributed by atoms with van der Waals surface area (Å²) >= 11 is 8.31. The Kier molecular flexibility index (Phi) is 5.60. The van der Waals surface area contributed by atoms with Crippen molar-refractivity contribution in [2.45, 2.75) is 6.42 Å². The Bertz CT molecular complexity index is 1080. The maximum Gasteiger partial charge on any atom is 0.141 e. The molecule has 0 bridgehead atoms. The van der Waals surface area contributed by atoms with Crippen LogP contribution in [-0.2, 0) is 4.74 Å². The minimum atomic E-state index is 0.587. The van der Waals surface area contributed by atoms with Gasteiger partial charge in [0.2, 0.25) is 0 Å². The predicted molar refractivity (Wildman–Crippen MR) is 117 cm³/mol. The molecular weight excluding hydrogens is 378 g/mol. The molecule has 4 rings (SSSR count). The van der Waals surface area contributed by atoms with Gasteiger partial charge < -0.3 is 14.1 Å². The fraction of sp³-hybridized carbons (Fsp3) is 0.273. The Morgan fingerprint density at radius 2 is 2.07 bits per heavy atom. The molecule has 1 aliphatic rings. The van der Waals surface area contributed by atoms with Crippen LogP contribution >= 0.6 is 23.4 Å². The average molecular weight is 400 g/mol. The molecule has 0 spiro atoms. The third-order valence-electron chi connectivity index (χ3n) is 4.68. The summed E-state index contributed by atoms with van der Waals surface area (Å²) in [6.45, 7) is 2.36. The van der Waals surface area contributed by atoms with E-state index in [4.69, 9.17) is 20.8 Å². The van der Waals surface area contributed by atoms with Gasteiger partial charge in [0.25, 0.3) is 0 Å². The van der Waals surface area contributed by atoms with Crippen molar-refractivity contribution in [2.24, 2.45) is 0 Å². The molecule has 5 heteroatoms. The number of hydrogen-bond donors (Lipinski definition) is 0. The normalized spacial score (nSPS) is 13.7. The number of hydrogen-bond acceptors (Lipinski definition) is 4. The van der Waals surface area contributed by atoms with E-state index in [0.717, 1.165) is 57.1 Å². The topological polar surface area (TPSA) is 25.6 Å². The second-order valence-corrected chi connectivity index (χ2v) is 8.30. The van der Waals surface area contributed by atoms with E-state index in [2.05, 4.69) is 48.7 Å². The average Bonchev–Trinajstić information content (AvgIpc) is 2.96. The number of halogens is 1. The maximum atomic E-state index is 6.60. The van der Waals surface area contributed by atoms with Crippen molar-refractivity contribution >= 4 is 56.1 Å². The molecule has 2 aromatic carbocycles. The third-order valence-corrected chi connectivity index (χ3v) is 5.89. The van der Waals surface area contributed by atoms with Crippen LogP contribution in [0.2, 0.25) is 5.02 Å². The van der Waals surface area contributed by atoms with Gasteiger partial charge in [-0.15, -0.1) is 0 Å². The van der Waals surface area contributed by atoms with E-state index in [0.29, 0.717) is 6.61 Å². The van der Waals surface area contributed by atoms with E-state index in [-0.39, 0.29) is 0 Å². The van der Waals surface area contributed by atoms with Crippen molar-refractivity contribution in [3.63, 3.8) is 0 Å². The van der Waals surface area contributed by atoms with E-state index in [1.54, 1.807) is 18.0 Å². The lowest BCUT2D eigenvalue weighted by Crippen LogP contribution is -2.17. The second kappa shape index (κ2) is 8.11. The Balaban J connectivity index is 1.82. The zero-order chi connectivity index (χ0) is 18.8. The molecule has 1 aromatic heterocycles. The monoisotopic (exact) mass is 399 g/mol. The summed E-state index contributed by atoms with van der Waals surface area (Å²) in [6.07, 6.45) is 4.83. The van der Waals surface area contributed by atoms with Gasteiger partial charge >= 0.3 is 0 Å². The van der Waals surface area contributed by atoms with Crippen LogP contribution in [0.3, 0.4) is 0 Å². The van der Waals surface area contributed by atoms with Gasteiger partial charge in [0, 0.05) is 38.1 Å². The summed E-state index contributed by atoms with van der Waals surface area (Å²) in [5, 5.41) is 7.33. The highest BCUT2D eigenvalue weighted by Gasteiger charge is 2.15. The van der Waals surface area contributed by atoms with Crippen molar-refractivity contribution in [3.8, 4) is 0 Å². The molecule has 0 atom stereocenters. The van der Waals surface area contributed by atoms with Gasteiger partial charge in [0.15, 0.2) is 0 Å². The maximum absolute atomic E-state index is 6.60. The van der Waals surface area contributed by atoms with Crippen molar-refractivity contribution in [1.82, 2.24) is 4.90 Å². The Hall–Kier alpha value is -1.72. The van der Waals surface area contributed by atoms with Crippen molar-refractivity contribution in [2.75, 3.05) is 33.9 Å². The van der Waals surface area contributed by atoms with Gasteiger partial charge in [0.1, 0.15) is 5.58 Å². The lowest BCUT2D eigenvalue weighted by Gasteiger charge is -2.13. The Morgan fingerprint density at radius 1 is 1.19 bits per heavy atom. The molecule has 27 heavy (non-hydrogen) atoms. The van der Waals surface area contributed by atoms with E-state index >= 15 is 0 Å². The summed E-state index contributed by atoms with van der Waals surface area (Å²) in [6, 6.07) is 10.2. The Morgan fingerprint density at radius 3 is 2.93 bits per heavy atom.